The van der Waals surface area contributed by atoms with Crippen LogP contribution in [-0.2, 0) is 0 Å². The maximum atomic E-state index is 11.2. The third-order valence-electron chi connectivity index (χ3n) is 2.17. The summed E-state index contributed by atoms with van der Waals surface area (Å²) in [5, 5.41) is 13.6. The molecule has 92 valence electrons. The highest BCUT2D eigenvalue weighted by Gasteiger charge is 2.14. The van der Waals surface area contributed by atoms with Crippen LogP contribution >= 0.6 is 23.6 Å². The number of carboxylic acid groups (broad SMARTS) is 1. The number of nitrogens with one attached hydrogen (secondary N) is 1. The van der Waals surface area contributed by atoms with Crippen LogP contribution in [0.2, 0.25) is 0 Å². The molecule has 2 aromatic heterocycles. The molecule has 0 saturated carbocycles. The largest absolute Gasteiger partial charge is 0.478 e. The molecule has 0 spiro atoms. The minimum atomic E-state index is -1.08. The first-order valence-corrected chi connectivity index (χ1v) is 6.20. The highest BCUT2D eigenvalue weighted by Crippen LogP contribution is 2.26. The summed E-state index contributed by atoms with van der Waals surface area (Å²) in [6.07, 6.45) is 1.58. The van der Waals surface area contributed by atoms with Crippen molar-refractivity contribution in [3.63, 3.8) is 0 Å². The number of rotatable bonds is 3. The predicted molar refractivity (Wildman–Crippen MR) is 74.9 cm³/mol. The van der Waals surface area contributed by atoms with Crippen LogP contribution in [0.25, 0.3) is 10.4 Å². The molecule has 2 rings (SSSR count). The second kappa shape index (κ2) is 5.11. The van der Waals surface area contributed by atoms with Crippen LogP contribution in [-0.4, -0.2) is 21.2 Å². The molecule has 7 heteroatoms. The number of thiocarbonyl (C=S) groups is 1. The Bertz CT molecular complexity index is 596. The summed E-state index contributed by atoms with van der Waals surface area (Å²) in [5.74, 6) is -0.935. The number of thiophene rings is 1. The fourth-order valence-electron chi connectivity index (χ4n) is 1.42. The van der Waals surface area contributed by atoms with Crippen LogP contribution in [0.3, 0.4) is 0 Å². The molecular weight excluding hydrogens is 270 g/mol. The van der Waals surface area contributed by atoms with Crippen LogP contribution in [0, 0.1) is 0 Å². The van der Waals surface area contributed by atoms with Crippen molar-refractivity contribution >= 4 is 40.5 Å². The van der Waals surface area contributed by atoms with Crippen molar-refractivity contribution in [1.29, 1.82) is 0 Å². The van der Waals surface area contributed by atoms with Gasteiger partial charge >= 0.3 is 5.97 Å². The normalized spacial score (nSPS) is 10.0. The van der Waals surface area contributed by atoms with Crippen LogP contribution < -0.4 is 11.1 Å². The van der Waals surface area contributed by atoms with Gasteiger partial charge in [0.1, 0.15) is 11.4 Å². The van der Waals surface area contributed by atoms with E-state index in [1.54, 1.807) is 12.3 Å². The highest BCUT2D eigenvalue weighted by molar-refractivity contribution is 7.80. The van der Waals surface area contributed by atoms with Gasteiger partial charge in [-0.2, -0.15) is 0 Å². The number of nitrogens with zero attached hydrogens (tertiary/aromatic N) is 1. The third-order valence-corrected chi connectivity index (χ3v) is 3.19. The second-order valence-corrected chi connectivity index (χ2v) is 4.78. The first-order valence-electron chi connectivity index (χ1n) is 4.91. The average molecular weight is 279 g/mol. The van der Waals surface area contributed by atoms with E-state index in [0.29, 0.717) is 0 Å². The molecule has 0 bridgehead atoms. The molecule has 2 heterocycles. The van der Waals surface area contributed by atoms with Gasteiger partial charge in [0, 0.05) is 16.6 Å². The maximum absolute atomic E-state index is 11.2. The van der Waals surface area contributed by atoms with Crippen molar-refractivity contribution in [2.75, 3.05) is 5.32 Å². The van der Waals surface area contributed by atoms with Crippen molar-refractivity contribution < 1.29 is 9.90 Å². The lowest BCUT2D eigenvalue weighted by Crippen LogP contribution is -2.21. The minimum absolute atomic E-state index is 0.0196. The zero-order valence-electron chi connectivity index (χ0n) is 9.08. The Kier molecular flexibility index (Phi) is 3.54. The maximum Gasteiger partial charge on any atom is 0.339 e. The Hall–Kier alpha value is -1.99. The molecule has 18 heavy (non-hydrogen) atoms. The molecule has 0 aliphatic rings. The lowest BCUT2D eigenvalue weighted by molar-refractivity contribution is 0.0697. The fourth-order valence-corrected chi connectivity index (χ4v) is 2.23. The molecule has 0 aromatic carbocycles. The zero-order chi connectivity index (χ0) is 13.1. The molecular formula is C11H9N3O2S2. The van der Waals surface area contributed by atoms with Gasteiger partial charge in [0.25, 0.3) is 0 Å². The third kappa shape index (κ3) is 2.63. The van der Waals surface area contributed by atoms with Crippen LogP contribution in [0.4, 0.5) is 5.82 Å². The highest BCUT2D eigenvalue weighted by atomic mass is 32.1. The second-order valence-electron chi connectivity index (χ2n) is 3.39. The van der Waals surface area contributed by atoms with Gasteiger partial charge in [-0.25, -0.2) is 9.78 Å². The van der Waals surface area contributed by atoms with E-state index in [0.717, 1.165) is 10.4 Å². The number of hydrogen-bond acceptors (Lipinski definition) is 4. The van der Waals surface area contributed by atoms with Gasteiger partial charge < -0.3 is 16.2 Å². The number of aromatic carboxylic acids is 1. The molecule has 0 saturated heterocycles. The molecule has 4 N–H and O–H groups in total. The van der Waals surface area contributed by atoms with Gasteiger partial charge in [-0.05, 0) is 29.7 Å². The first kappa shape index (κ1) is 12.5. The molecule has 0 fully saturated rings. The van der Waals surface area contributed by atoms with Crippen LogP contribution in [0.15, 0.2) is 29.8 Å². The smallest absolute Gasteiger partial charge is 0.339 e. The molecule has 0 unspecified atom stereocenters. The van der Waals surface area contributed by atoms with Crippen molar-refractivity contribution in [1.82, 2.24) is 4.98 Å². The van der Waals surface area contributed by atoms with Crippen molar-refractivity contribution in [3.8, 4) is 10.4 Å². The average Bonchev–Trinajstić information content (AvgIpc) is 2.82. The topological polar surface area (TPSA) is 88.2 Å². The number of carbonyl (C=O) groups is 1. The van der Waals surface area contributed by atoms with Crippen molar-refractivity contribution in [3.05, 3.63) is 35.3 Å². The van der Waals surface area contributed by atoms with Gasteiger partial charge in [-0.1, -0.05) is 6.07 Å². The predicted octanol–water partition coefficient (Wildman–Crippen LogP) is 2.16. The SMILES string of the molecule is NC(=S)Nc1ncc(-c2cccs2)cc1C(=O)O. The van der Waals surface area contributed by atoms with E-state index >= 15 is 0 Å². The number of nitrogens with two attached hydrogens (primary N) is 1. The summed E-state index contributed by atoms with van der Waals surface area (Å²) < 4.78 is 0. The first-order chi connectivity index (χ1) is 8.58. The summed E-state index contributed by atoms with van der Waals surface area (Å²) in [5.41, 5.74) is 6.10. The van der Waals surface area contributed by atoms with E-state index in [1.807, 2.05) is 17.5 Å². The Morgan fingerprint density at radius 1 is 1.56 bits per heavy atom. The van der Waals surface area contributed by atoms with Gasteiger partial charge in [0.15, 0.2) is 5.11 Å². The fraction of sp³-hybridized carbons (Fsp3) is 0. The van der Waals surface area contributed by atoms with Gasteiger partial charge in [0.05, 0.1) is 0 Å². The van der Waals surface area contributed by atoms with Gasteiger partial charge in [0.2, 0.25) is 0 Å². The standard InChI is InChI=1S/C11H9N3O2S2/c12-11(17)14-9-7(10(15)16)4-6(5-13-9)8-2-1-3-18-8/h1-5H,(H,15,16)(H3,12,13,14,17). The van der Waals surface area contributed by atoms with Gasteiger partial charge in [-0.15, -0.1) is 11.3 Å². The van der Waals surface area contributed by atoms with E-state index in [-0.39, 0.29) is 16.5 Å². The Morgan fingerprint density at radius 3 is 2.89 bits per heavy atom. The van der Waals surface area contributed by atoms with E-state index in [2.05, 4.69) is 22.5 Å². The summed E-state index contributed by atoms with van der Waals surface area (Å²) in [4.78, 5) is 16.2. The van der Waals surface area contributed by atoms with E-state index < -0.39 is 5.97 Å². The Balaban J connectivity index is 2.46. The quantitative estimate of drug-likeness (QED) is 0.746. The number of carboxylic acids is 1. The molecule has 0 atom stereocenters. The molecule has 0 amide bonds. The molecule has 2 aromatic rings. The lowest BCUT2D eigenvalue weighted by Gasteiger charge is -2.08. The number of aromatic nitrogens is 1. The van der Waals surface area contributed by atoms with E-state index in [9.17, 15) is 4.79 Å². The van der Waals surface area contributed by atoms with E-state index in [1.165, 1.54) is 11.3 Å². The van der Waals surface area contributed by atoms with Gasteiger partial charge in [-0.3, -0.25) is 0 Å². The molecule has 5 nitrogen and oxygen atoms in total. The summed E-state index contributed by atoms with van der Waals surface area (Å²) >= 11 is 6.18. The summed E-state index contributed by atoms with van der Waals surface area (Å²) in [7, 11) is 0. The number of pyridine rings is 1. The zero-order valence-corrected chi connectivity index (χ0v) is 10.7. The minimum Gasteiger partial charge on any atom is -0.478 e. The molecule has 0 aliphatic carbocycles. The molecule has 0 radical (unpaired) electrons. The van der Waals surface area contributed by atoms with Crippen molar-refractivity contribution in [2.24, 2.45) is 5.73 Å². The number of anilines is 1. The summed E-state index contributed by atoms with van der Waals surface area (Å²) in [6.45, 7) is 0. The number of hydrogen-bond donors (Lipinski definition) is 3. The van der Waals surface area contributed by atoms with Crippen molar-refractivity contribution in [2.45, 2.75) is 0 Å². The van der Waals surface area contributed by atoms with Crippen LogP contribution in [0.1, 0.15) is 10.4 Å². The van der Waals surface area contributed by atoms with Crippen LogP contribution in [0.5, 0.6) is 0 Å². The monoisotopic (exact) mass is 279 g/mol. The lowest BCUT2D eigenvalue weighted by atomic mass is 10.1. The summed E-state index contributed by atoms with van der Waals surface area (Å²) in [6, 6.07) is 5.33. The Labute approximate surface area is 112 Å². The molecule has 0 aliphatic heterocycles. The van der Waals surface area contributed by atoms with E-state index in [4.69, 9.17) is 10.8 Å². The Morgan fingerprint density at radius 2 is 2.33 bits per heavy atom.